The number of nitrogens with one attached hydrogen (secondary N) is 2. The molecular weight excluding hydrogens is 326 g/mol. The quantitative estimate of drug-likeness (QED) is 0.635. The summed E-state index contributed by atoms with van der Waals surface area (Å²) >= 11 is 1.39. The average Bonchev–Trinajstić information content (AvgIpc) is 3.24. The van der Waals surface area contributed by atoms with Gasteiger partial charge in [0.05, 0.1) is 30.3 Å². The van der Waals surface area contributed by atoms with Crippen LogP contribution in [0, 0.1) is 0 Å². The number of ether oxygens (including phenoxy) is 1. The average molecular weight is 343 g/mol. The monoisotopic (exact) mass is 343 g/mol. The fourth-order valence-corrected chi connectivity index (χ4v) is 2.89. The van der Waals surface area contributed by atoms with E-state index in [1.807, 2.05) is 29.6 Å². The second-order valence-electron chi connectivity index (χ2n) is 5.07. The van der Waals surface area contributed by atoms with Gasteiger partial charge in [-0.3, -0.25) is 9.89 Å². The van der Waals surface area contributed by atoms with Gasteiger partial charge in [-0.05, 0) is 12.1 Å². The van der Waals surface area contributed by atoms with E-state index in [1.165, 1.54) is 17.5 Å². The third kappa shape index (κ3) is 3.54. The van der Waals surface area contributed by atoms with Crippen molar-refractivity contribution < 1.29 is 9.53 Å². The molecule has 2 aromatic heterocycles. The van der Waals surface area contributed by atoms with Crippen molar-refractivity contribution in [2.45, 2.75) is 6.42 Å². The molecule has 8 heteroatoms. The second-order valence-corrected chi connectivity index (χ2v) is 5.96. The first-order valence-corrected chi connectivity index (χ1v) is 8.21. The summed E-state index contributed by atoms with van der Waals surface area (Å²) < 4.78 is 5.22. The molecule has 0 atom stereocenters. The van der Waals surface area contributed by atoms with Gasteiger partial charge >= 0.3 is 0 Å². The zero-order valence-electron chi connectivity index (χ0n) is 13.1. The van der Waals surface area contributed by atoms with Crippen molar-refractivity contribution in [1.29, 1.82) is 0 Å². The smallest absolute Gasteiger partial charge is 0.255 e. The Morgan fingerprint density at radius 1 is 1.46 bits per heavy atom. The third-order valence-corrected chi connectivity index (χ3v) is 4.20. The third-order valence-electron chi connectivity index (χ3n) is 3.48. The molecule has 0 spiro atoms. The fourth-order valence-electron chi connectivity index (χ4n) is 2.29. The second kappa shape index (κ2) is 7.14. The summed E-state index contributed by atoms with van der Waals surface area (Å²) in [6.07, 6.45) is 2.15. The molecule has 24 heavy (non-hydrogen) atoms. The van der Waals surface area contributed by atoms with Crippen LogP contribution in [0.25, 0.3) is 11.3 Å². The zero-order chi connectivity index (χ0) is 16.9. The van der Waals surface area contributed by atoms with Crippen LogP contribution in [-0.2, 0) is 6.42 Å². The lowest BCUT2D eigenvalue weighted by atomic mass is 10.1. The molecule has 124 valence electrons. The van der Waals surface area contributed by atoms with Crippen LogP contribution in [0.5, 0.6) is 5.75 Å². The minimum atomic E-state index is -0.190. The van der Waals surface area contributed by atoms with Crippen LogP contribution < -0.4 is 15.8 Å². The van der Waals surface area contributed by atoms with Gasteiger partial charge in [-0.15, -0.1) is 11.3 Å². The molecule has 3 rings (SSSR count). The van der Waals surface area contributed by atoms with E-state index in [2.05, 4.69) is 20.5 Å². The highest BCUT2D eigenvalue weighted by Crippen LogP contribution is 2.24. The number of anilines is 1. The van der Waals surface area contributed by atoms with Crippen molar-refractivity contribution in [3.8, 4) is 17.0 Å². The number of benzene rings is 1. The highest BCUT2D eigenvalue weighted by atomic mass is 32.1. The van der Waals surface area contributed by atoms with Gasteiger partial charge in [0.15, 0.2) is 5.13 Å². The van der Waals surface area contributed by atoms with E-state index in [1.54, 1.807) is 7.11 Å². The number of hydrogen-bond donors (Lipinski definition) is 3. The molecule has 7 nitrogen and oxygen atoms in total. The summed E-state index contributed by atoms with van der Waals surface area (Å²) in [5, 5.41) is 12.2. The molecule has 0 unspecified atom stereocenters. The molecule has 0 saturated heterocycles. The summed E-state index contributed by atoms with van der Waals surface area (Å²) in [6.45, 7) is 0.477. The number of carbonyl (C=O) groups is 1. The number of aromatic nitrogens is 3. The summed E-state index contributed by atoms with van der Waals surface area (Å²) in [6, 6.07) is 7.45. The molecule has 1 amide bonds. The standard InChI is InChI=1S/C16H17N5O2S/c1-23-12-4-2-3-10(7-12)14-13(8-19-21-14)15(22)18-6-5-11-9-24-16(17)20-11/h2-4,7-9H,5-6H2,1H3,(H2,17,20)(H,18,22)(H,19,21). The molecule has 0 aliphatic heterocycles. The van der Waals surface area contributed by atoms with Gasteiger partial charge in [-0.1, -0.05) is 12.1 Å². The van der Waals surface area contributed by atoms with Crippen molar-refractivity contribution in [2.75, 3.05) is 19.4 Å². The number of aromatic amines is 1. The Balaban J connectivity index is 1.68. The minimum Gasteiger partial charge on any atom is -0.497 e. The van der Waals surface area contributed by atoms with Crippen LogP contribution in [0.1, 0.15) is 16.1 Å². The maximum absolute atomic E-state index is 12.4. The van der Waals surface area contributed by atoms with Gasteiger partial charge < -0.3 is 15.8 Å². The number of nitrogen functional groups attached to an aromatic ring is 1. The Labute approximate surface area is 142 Å². The topological polar surface area (TPSA) is 106 Å². The SMILES string of the molecule is COc1cccc(-c2[nH]ncc2C(=O)NCCc2csc(N)n2)c1. The Morgan fingerprint density at radius 2 is 2.33 bits per heavy atom. The number of nitrogens with two attached hydrogens (primary N) is 1. The predicted octanol–water partition coefficient (Wildman–Crippen LogP) is 2.10. The molecule has 3 aromatic rings. The van der Waals surface area contributed by atoms with Crippen molar-refractivity contribution >= 4 is 22.4 Å². The molecule has 0 fully saturated rings. The molecular formula is C16H17N5O2S. The molecule has 1 aromatic carbocycles. The van der Waals surface area contributed by atoms with Crippen LogP contribution in [-0.4, -0.2) is 34.7 Å². The zero-order valence-corrected chi connectivity index (χ0v) is 13.9. The lowest BCUT2D eigenvalue weighted by Gasteiger charge is -2.06. The number of H-pyrrole nitrogens is 1. The normalized spacial score (nSPS) is 10.5. The van der Waals surface area contributed by atoms with Gasteiger partial charge in [0.1, 0.15) is 5.75 Å². The number of carbonyl (C=O) groups excluding carboxylic acids is 1. The molecule has 0 aliphatic carbocycles. The van der Waals surface area contributed by atoms with Gasteiger partial charge in [0.2, 0.25) is 0 Å². The molecule has 0 bridgehead atoms. The maximum atomic E-state index is 12.4. The largest absolute Gasteiger partial charge is 0.497 e. The van der Waals surface area contributed by atoms with E-state index in [4.69, 9.17) is 10.5 Å². The highest BCUT2D eigenvalue weighted by Gasteiger charge is 2.15. The van der Waals surface area contributed by atoms with Crippen LogP contribution in [0.4, 0.5) is 5.13 Å². The van der Waals surface area contributed by atoms with E-state index < -0.39 is 0 Å². The van der Waals surface area contributed by atoms with Gasteiger partial charge in [0.25, 0.3) is 5.91 Å². The summed E-state index contributed by atoms with van der Waals surface area (Å²) in [4.78, 5) is 16.6. The molecule has 0 radical (unpaired) electrons. The van der Waals surface area contributed by atoms with Gasteiger partial charge in [-0.25, -0.2) is 4.98 Å². The van der Waals surface area contributed by atoms with Gasteiger partial charge in [-0.2, -0.15) is 5.10 Å². The Morgan fingerprint density at radius 3 is 3.08 bits per heavy atom. The number of methoxy groups -OCH3 is 1. The lowest BCUT2D eigenvalue weighted by Crippen LogP contribution is -2.25. The van der Waals surface area contributed by atoms with Crippen LogP contribution in [0.15, 0.2) is 35.8 Å². The van der Waals surface area contributed by atoms with Crippen molar-refractivity contribution in [2.24, 2.45) is 0 Å². The number of hydrogen-bond acceptors (Lipinski definition) is 6. The van der Waals surface area contributed by atoms with E-state index in [-0.39, 0.29) is 5.91 Å². The number of nitrogens with zero attached hydrogens (tertiary/aromatic N) is 2. The first kappa shape index (κ1) is 16.0. The van der Waals surface area contributed by atoms with E-state index in [9.17, 15) is 4.79 Å². The predicted molar refractivity (Wildman–Crippen MR) is 93.1 cm³/mol. The maximum Gasteiger partial charge on any atom is 0.255 e. The highest BCUT2D eigenvalue weighted by molar-refractivity contribution is 7.13. The number of amides is 1. The van der Waals surface area contributed by atoms with Gasteiger partial charge in [0, 0.05) is 23.9 Å². The van der Waals surface area contributed by atoms with Crippen molar-refractivity contribution in [3.63, 3.8) is 0 Å². The minimum absolute atomic E-state index is 0.190. The Kier molecular flexibility index (Phi) is 4.76. The van der Waals surface area contributed by atoms with Crippen LogP contribution in [0.2, 0.25) is 0 Å². The van der Waals surface area contributed by atoms with Crippen LogP contribution in [0.3, 0.4) is 0 Å². The van der Waals surface area contributed by atoms with E-state index >= 15 is 0 Å². The van der Waals surface area contributed by atoms with Crippen molar-refractivity contribution in [3.05, 3.63) is 47.1 Å². The summed E-state index contributed by atoms with van der Waals surface area (Å²) in [5.74, 6) is 0.527. The Bertz CT molecular complexity index is 842. The van der Waals surface area contributed by atoms with E-state index in [0.717, 1.165) is 17.0 Å². The lowest BCUT2D eigenvalue weighted by molar-refractivity contribution is 0.0955. The fraction of sp³-hybridized carbons (Fsp3) is 0.188. The molecule has 0 aliphatic rings. The first-order valence-electron chi connectivity index (χ1n) is 7.33. The van der Waals surface area contributed by atoms with E-state index in [0.29, 0.717) is 29.4 Å². The Hall–Kier alpha value is -2.87. The molecule has 0 saturated carbocycles. The number of rotatable bonds is 6. The summed E-state index contributed by atoms with van der Waals surface area (Å²) in [5.41, 5.74) is 8.45. The first-order chi connectivity index (χ1) is 11.7. The number of thiazole rings is 1. The molecule has 2 heterocycles. The van der Waals surface area contributed by atoms with Crippen molar-refractivity contribution in [1.82, 2.24) is 20.5 Å². The summed E-state index contributed by atoms with van der Waals surface area (Å²) in [7, 11) is 1.60. The van der Waals surface area contributed by atoms with Crippen LogP contribution >= 0.6 is 11.3 Å². The molecule has 4 N–H and O–H groups in total.